The van der Waals surface area contributed by atoms with Crippen LogP contribution in [0.5, 0.6) is 0 Å². The molecule has 0 spiro atoms. The minimum absolute atomic E-state index is 0.0417. The lowest BCUT2D eigenvalue weighted by atomic mass is 9.62. The maximum absolute atomic E-state index is 12.3. The van der Waals surface area contributed by atoms with Crippen LogP contribution in [0.4, 0.5) is 13.2 Å². The molecular weight excluding hydrogens is 171 g/mol. The van der Waals surface area contributed by atoms with E-state index in [4.69, 9.17) is 5.11 Å². The van der Waals surface area contributed by atoms with Crippen molar-refractivity contribution in [2.75, 3.05) is 13.2 Å². The normalized spacial score (nSPS) is 46.0. The Hall–Kier alpha value is -0.290. The molecule has 3 rings (SSSR count). The van der Waals surface area contributed by atoms with E-state index in [0.29, 0.717) is 6.54 Å². The monoisotopic (exact) mass is 181 g/mol. The summed E-state index contributed by atoms with van der Waals surface area (Å²) in [5.41, 5.74) is -2.15. The fourth-order valence-corrected chi connectivity index (χ4v) is 2.30. The molecule has 0 amide bonds. The Morgan fingerprint density at radius 1 is 1.33 bits per heavy atom. The van der Waals surface area contributed by atoms with E-state index in [0.717, 1.165) is 0 Å². The van der Waals surface area contributed by atoms with Gasteiger partial charge in [0.2, 0.25) is 0 Å². The minimum Gasteiger partial charge on any atom is -0.396 e. The van der Waals surface area contributed by atoms with Crippen LogP contribution in [0.25, 0.3) is 0 Å². The minimum atomic E-state index is -4.16. The standard InChI is InChI=1S/C7H10F3NO/c8-7(9,10)6-1-5(2-6,4-12)3-11-6/h11-12H,1-4H2. The van der Waals surface area contributed by atoms with Crippen molar-refractivity contribution in [3.05, 3.63) is 0 Å². The molecule has 0 aromatic carbocycles. The zero-order valence-corrected chi connectivity index (χ0v) is 6.41. The maximum atomic E-state index is 12.3. The van der Waals surface area contributed by atoms with Crippen molar-refractivity contribution in [3.8, 4) is 0 Å². The number of hydrogen-bond donors (Lipinski definition) is 2. The van der Waals surface area contributed by atoms with Crippen molar-refractivity contribution in [2.24, 2.45) is 5.41 Å². The van der Waals surface area contributed by atoms with E-state index in [1.807, 2.05) is 0 Å². The molecule has 2 saturated heterocycles. The molecule has 1 aliphatic carbocycles. The van der Waals surface area contributed by atoms with Crippen LogP contribution < -0.4 is 5.32 Å². The Morgan fingerprint density at radius 2 is 1.92 bits per heavy atom. The third kappa shape index (κ3) is 0.781. The topological polar surface area (TPSA) is 32.3 Å². The predicted molar refractivity (Wildman–Crippen MR) is 35.5 cm³/mol. The predicted octanol–water partition coefficient (Wildman–Crippen LogP) is 0.663. The lowest BCUT2D eigenvalue weighted by molar-refractivity contribution is -0.222. The molecule has 12 heavy (non-hydrogen) atoms. The number of aliphatic hydroxyl groups is 1. The number of hydrogen-bond acceptors (Lipinski definition) is 2. The van der Waals surface area contributed by atoms with E-state index in [2.05, 4.69) is 5.32 Å². The Balaban J connectivity index is 2.14. The molecule has 0 unspecified atom stereocenters. The number of aliphatic hydroxyl groups excluding tert-OH is 1. The van der Waals surface area contributed by atoms with E-state index in [1.165, 1.54) is 0 Å². The molecule has 0 aromatic heterocycles. The summed E-state index contributed by atoms with van der Waals surface area (Å²) >= 11 is 0. The van der Waals surface area contributed by atoms with Gasteiger partial charge in [-0.05, 0) is 12.8 Å². The van der Waals surface area contributed by atoms with Gasteiger partial charge in [-0.2, -0.15) is 13.2 Å². The average Bonchev–Trinajstić information content (AvgIpc) is 2.37. The second-order valence-electron chi connectivity index (χ2n) is 3.95. The Labute approximate surface area is 67.8 Å². The molecule has 2 heterocycles. The van der Waals surface area contributed by atoms with E-state index in [9.17, 15) is 13.2 Å². The summed E-state index contributed by atoms with van der Waals surface area (Å²) in [7, 11) is 0. The fraction of sp³-hybridized carbons (Fsp3) is 1.00. The van der Waals surface area contributed by atoms with Gasteiger partial charge >= 0.3 is 6.18 Å². The molecule has 2 aliphatic heterocycles. The van der Waals surface area contributed by atoms with Crippen molar-refractivity contribution in [1.29, 1.82) is 0 Å². The molecule has 1 saturated carbocycles. The van der Waals surface area contributed by atoms with Gasteiger partial charge in [-0.15, -0.1) is 0 Å². The van der Waals surface area contributed by atoms with E-state index >= 15 is 0 Å². The number of fused-ring (bicyclic) bond motifs is 1. The second-order valence-corrected chi connectivity index (χ2v) is 3.95. The fourth-order valence-electron chi connectivity index (χ4n) is 2.30. The van der Waals surface area contributed by atoms with Gasteiger partial charge in [0.05, 0.1) is 6.61 Å². The SMILES string of the molecule is OCC12CNC(C(F)(F)F)(C1)C2. The Kier molecular flexibility index (Phi) is 1.36. The third-order valence-corrected chi connectivity index (χ3v) is 3.03. The molecule has 2 N–H and O–H groups in total. The molecule has 5 heteroatoms. The lowest BCUT2D eigenvalue weighted by Gasteiger charge is -2.45. The number of halogens is 3. The highest BCUT2D eigenvalue weighted by Gasteiger charge is 2.71. The largest absolute Gasteiger partial charge is 0.406 e. The van der Waals surface area contributed by atoms with E-state index in [-0.39, 0.29) is 19.4 Å². The van der Waals surface area contributed by atoms with E-state index < -0.39 is 17.1 Å². The van der Waals surface area contributed by atoms with E-state index in [1.54, 1.807) is 0 Å². The first-order valence-corrected chi connectivity index (χ1v) is 3.86. The zero-order chi connectivity index (χ0) is 9.04. The first kappa shape index (κ1) is 8.31. The van der Waals surface area contributed by atoms with Gasteiger partial charge < -0.3 is 10.4 Å². The molecule has 2 bridgehead atoms. The third-order valence-electron chi connectivity index (χ3n) is 3.03. The highest BCUT2D eigenvalue weighted by molar-refractivity contribution is 5.19. The van der Waals surface area contributed by atoms with Gasteiger partial charge in [0, 0.05) is 12.0 Å². The molecule has 0 radical (unpaired) electrons. The van der Waals surface area contributed by atoms with Crippen molar-refractivity contribution in [1.82, 2.24) is 5.32 Å². The molecule has 3 fully saturated rings. The van der Waals surface area contributed by atoms with Crippen LogP contribution in [-0.4, -0.2) is 30.0 Å². The molecular formula is C7H10F3NO. The highest BCUT2D eigenvalue weighted by atomic mass is 19.4. The summed E-state index contributed by atoms with van der Waals surface area (Å²) in [4.78, 5) is 0. The average molecular weight is 181 g/mol. The summed E-state index contributed by atoms with van der Waals surface area (Å²) in [5.74, 6) is 0. The molecule has 3 aliphatic rings. The van der Waals surface area contributed by atoms with Crippen LogP contribution in [0.1, 0.15) is 12.8 Å². The van der Waals surface area contributed by atoms with Crippen LogP contribution in [0.2, 0.25) is 0 Å². The molecule has 0 atom stereocenters. The van der Waals surface area contributed by atoms with Gasteiger partial charge in [0.25, 0.3) is 0 Å². The van der Waals surface area contributed by atoms with Crippen LogP contribution in [-0.2, 0) is 0 Å². The Morgan fingerprint density at radius 3 is 2.17 bits per heavy atom. The Bertz CT molecular complexity index is 207. The summed E-state index contributed by atoms with van der Waals surface area (Å²) < 4.78 is 37.0. The van der Waals surface area contributed by atoms with Crippen LogP contribution in [0.15, 0.2) is 0 Å². The number of alkyl halides is 3. The quantitative estimate of drug-likeness (QED) is 0.623. The highest BCUT2D eigenvalue weighted by Crippen LogP contribution is 2.59. The van der Waals surface area contributed by atoms with Crippen molar-refractivity contribution in [3.63, 3.8) is 0 Å². The number of nitrogens with one attached hydrogen (secondary N) is 1. The van der Waals surface area contributed by atoms with Gasteiger partial charge in [0.15, 0.2) is 0 Å². The maximum Gasteiger partial charge on any atom is 0.406 e. The van der Waals surface area contributed by atoms with Gasteiger partial charge in [-0.3, -0.25) is 0 Å². The smallest absolute Gasteiger partial charge is 0.396 e. The zero-order valence-electron chi connectivity index (χ0n) is 6.41. The van der Waals surface area contributed by atoms with Crippen LogP contribution in [0, 0.1) is 5.41 Å². The van der Waals surface area contributed by atoms with Gasteiger partial charge in [-0.25, -0.2) is 0 Å². The second kappa shape index (κ2) is 1.96. The van der Waals surface area contributed by atoms with Gasteiger partial charge in [0.1, 0.15) is 5.54 Å². The van der Waals surface area contributed by atoms with Crippen molar-refractivity contribution < 1.29 is 18.3 Å². The van der Waals surface area contributed by atoms with Crippen molar-refractivity contribution in [2.45, 2.75) is 24.6 Å². The summed E-state index contributed by atoms with van der Waals surface area (Å²) in [6.07, 6.45) is -4.08. The van der Waals surface area contributed by atoms with Crippen molar-refractivity contribution >= 4 is 0 Å². The first-order valence-electron chi connectivity index (χ1n) is 3.86. The lowest BCUT2D eigenvalue weighted by Crippen LogP contribution is -2.59. The van der Waals surface area contributed by atoms with Gasteiger partial charge in [-0.1, -0.05) is 0 Å². The van der Waals surface area contributed by atoms with Crippen LogP contribution >= 0.6 is 0 Å². The molecule has 0 aromatic rings. The summed E-state index contributed by atoms with van der Waals surface area (Å²) in [5, 5.41) is 11.3. The van der Waals surface area contributed by atoms with Crippen LogP contribution in [0.3, 0.4) is 0 Å². The number of rotatable bonds is 1. The summed E-state index contributed by atoms with van der Waals surface area (Å²) in [6.45, 7) is 0.154. The summed E-state index contributed by atoms with van der Waals surface area (Å²) in [6, 6.07) is 0. The molecule has 70 valence electrons. The first-order chi connectivity index (χ1) is 5.43. The molecule has 2 nitrogen and oxygen atoms in total.